The lowest BCUT2D eigenvalue weighted by atomic mass is 10.1. The van der Waals surface area contributed by atoms with Crippen molar-refractivity contribution in [2.45, 2.75) is 17.6 Å². The Morgan fingerprint density at radius 1 is 1.08 bits per heavy atom. The van der Waals surface area contributed by atoms with Gasteiger partial charge >= 0.3 is 6.61 Å². The maximum atomic E-state index is 12.4. The minimum atomic E-state index is -2.94. The van der Waals surface area contributed by atoms with Crippen LogP contribution in [0.3, 0.4) is 0 Å². The number of nitrogens with one attached hydrogen (secondary N) is 1. The van der Waals surface area contributed by atoms with Crippen LogP contribution < -0.4 is 10.1 Å². The predicted molar refractivity (Wildman–Crippen MR) is 99.7 cm³/mol. The number of rotatable bonds is 5. The van der Waals surface area contributed by atoms with Gasteiger partial charge in [0, 0.05) is 5.56 Å². The molecule has 0 aliphatic carbocycles. The van der Waals surface area contributed by atoms with E-state index in [9.17, 15) is 13.6 Å². The fraction of sp³-hybridized carbons (Fsp3) is 0.278. The molecule has 0 radical (unpaired) electrons. The molecule has 1 saturated heterocycles. The summed E-state index contributed by atoms with van der Waals surface area (Å²) in [5, 5.41) is 2.62. The topological polar surface area (TPSA) is 38.3 Å². The molecule has 0 unspecified atom stereocenters. The molecule has 3 rings (SSSR count). The van der Waals surface area contributed by atoms with Gasteiger partial charge in [-0.1, -0.05) is 24.3 Å². The highest BCUT2D eigenvalue weighted by Gasteiger charge is 2.17. The van der Waals surface area contributed by atoms with E-state index in [1.54, 1.807) is 24.3 Å². The van der Waals surface area contributed by atoms with Crippen LogP contribution in [0.1, 0.15) is 26.9 Å². The molecule has 1 aliphatic heterocycles. The maximum Gasteiger partial charge on any atom is 0.387 e. The number of thioether (sulfide) groups is 2. The Bertz CT molecular complexity index is 719. The van der Waals surface area contributed by atoms with Crippen LogP contribution in [0, 0.1) is 0 Å². The standard InChI is InChI=1S/C18H17F2NO2S2/c19-18(20)23-15-5-2-1-4-14(15)21-16(22)12-6-8-13(9-7-12)17-24-10-3-11-25-17/h1-2,4-9,17-18H,3,10-11H2,(H,21,22). The average molecular weight is 381 g/mol. The van der Waals surface area contributed by atoms with Gasteiger partial charge in [0.2, 0.25) is 0 Å². The normalized spacial score (nSPS) is 15.2. The van der Waals surface area contributed by atoms with Crippen LogP contribution in [0.2, 0.25) is 0 Å². The van der Waals surface area contributed by atoms with Crippen LogP contribution in [-0.2, 0) is 0 Å². The second kappa shape index (κ2) is 8.58. The highest BCUT2D eigenvalue weighted by atomic mass is 32.2. The lowest BCUT2D eigenvalue weighted by Gasteiger charge is -2.21. The van der Waals surface area contributed by atoms with Crippen molar-refractivity contribution in [3.8, 4) is 5.75 Å². The SMILES string of the molecule is O=C(Nc1ccccc1OC(F)F)c1ccc(C2SCCCS2)cc1. The van der Waals surface area contributed by atoms with E-state index in [-0.39, 0.29) is 17.3 Å². The second-order valence-electron chi connectivity index (χ2n) is 5.38. The van der Waals surface area contributed by atoms with Gasteiger partial charge in [0.25, 0.3) is 5.91 Å². The van der Waals surface area contributed by atoms with Crippen molar-refractivity contribution in [1.82, 2.24) is 0 Å². The molecule has 2 aromatic rings. The van der Waals surface area contributed by atoms with Crippen molar-refractivity contribution in [3.05, 3.63) is 59.7 Å². The molecule has 0 atom stereocenters. The summed E-state index contributed by atoms with van der Waals surface area (Å²) >= 11 is 3.83. The number of halogens is 2. The monoisotopic (exact) mass is 381 g/mol. The summed E-state index contributed by atoms with van der Waals surface area (Å²) in [6.07, 6.45) is 1.23. The third-order valence-electron chi connectivity index (χ3n) is 3.62. The third-order valence-corrected chi connectivity index (χ3v) is 6.64. The van der Waals surface area contributed by atoms with Crippen LogP contribution in [-0.4, -0.2) is 24.0 Å². The van der Waals surface area contributed by atoms with Gasteiger partial charge in [-0.15, -0.1) is 23.5 Å². The maximum absolute atomic E-state index is 12.4. The Morgan fingerprint density at radius 2 is 1.76 bits per heavy atom. The molecule has 0 spiro atoms. The van der Waals surface area contributed by atoms with Crippen molar-refractivity contribution >= 4 is 35.1 Å². The van der Waals surface area contributed by atoms with Gasteiger partial charge in [-0.2, -0.15) is 8.78 Å². The Morgan fingerprint density at radius 3 is 2.44 bits per heavy atom. The summed E-state index contributed by atoms with van der Waals surface area (Å²) in [5.41, 5.74) is 1.88. The van der Waals surface area contributed by atoms with E-state index in [0.29, 0.717) is 10.1 Å². The zero-order valence-corrected chi connectivity index (χ0v) is 14.9. The molecule has 1 heterocycles. The van der Waals surface area contributed by atoms with Crippen LogP contribution >= 0.6 is 23.5 Å². The number of hydrogen-bond donors (Lipinski definition) is 1. The summed E-state index contributed by atoms with van der Waals surface area (Å²) in [7, 11) is 0. The molecule has 0 bridgehead atoms. The van der Waals surface area contributed by atoms with Crippen molar-refractivity contribution in [1.29, 1.82) is 0 Å². The van der Waals surface area contributed by atoms with Gasteiger partial charge < -0.3 is 10.1 Å². The molecule has 25 heavy (non-hydrogen) atoms. The molecule has 7 heteroatoms. The van der Waals surface area contributed by atoms with Crippen molar-refractivity contribution in [3.63, 3.8) is 0 Å². The van der Waals surface area contributed by atoms with Crippen LogP contribution in [0.5, 0.6) is 5.75 Å². The first-order valence-electron chi connectivity index (χ1n) is 7.82. The molecule has 1 fully saturated rings. The van der Waals surface area contributed by atoms with Crippen LogP contribution in [0.15, 0.2) is 48.5 Å². The number of para-hydroxylation sites is 2. The number of amides is 1. The van der Waals surface area contributed by atoms with Gasteiger partial charge in [-0.05, 0) is 47.8 Å². The van der Waals surface area contributed by atoms with Crippen LogP contribution in [0.25, 0.3) is 0 Å². The summed E-state index contributed by atoms with van der Waals surface area (Å²) in [6.45, 7) is -2.94. The van der Waals surface area contributed by atoms with E-state index in [4.69, 9.17) is 0 Å². The lowest BCUT2D eigenvalue weighted by Crippen LogP contribution is -2.14. The number of carbonyl (C=O) groups is 1. The number of ether oxygens (including phenoxy) is 1. The molecule has 1 N–H and O–H groups in total. The van der Waals surface area contributed by atoms with Crippen molar-refractivity contribution in [2.75, 3.05) is 16.8 Å². The van der Waals surface area contributed by atoms with Gasteiger partial charge in [0.1, 0.15) is 5.75 Å². The number of benzene rings is 2. The summed E-state index contributed by atoms with van der Waals surface area (Å²) < 4.78 is 29.7. The largest absolute Gasteiger partial charge is 0.433 e. The average Bonchev–Trinajstić information content (AvgIpc) is 2.64. The van der Waals surface area contributed by atoms with Gasteiger partial charge in [-0.25, -0.2) is 0 Å². The zero-order valence-electron chi connectivity index (χ0n) is 13.3. The van der Waals surface area contributed by atoms with Gasteiger partial charge in [-0.3, -0.25) is 4.79 Å². The first kappa shape index (κ1) is 18.1. The first-order valence-corrected chi connectivity index (χ1v) is 9.91. The fourth-order valence-electron chi connectivity index (χ4n) is 2.43. The zero-order chi connectivity index (χ0) is 17.6. The predicted octanol–water partition coefficient (Wildman–Crippen LogP) is 5.41. The van der Waals surface area contributed by atoms with Crippen molar-refractivity contribution < 1.29 is 18.3 Å². The number of hydrogen-bond acceptors (Lipinski definition) is 4. The minimum Gasteiger partial charge on any atom is -0.433 e. The van der Waals surface area contributed by atoms with Gasteiger partial charge in [0.05, 0.1) is 10.3 Å². The van der Waals surface area contributed by atoms with E-state index < -0.39 is 6.61 Å². The Balaban J connectivity index is 1.69. The molecular formula is C18H17F2NO2S2. The quantitative estimate of drug-likeness (QED) is 0.752. The Kier molecular flexibility index (Phi) is 6.20. The number of anilines is 1. The summed E-state index contributed by atoms with van der Waals surface area (Å²) in [5.74, 6) is 1.89. The molecule has 3 nitrogen and oxygen atoms in total. The van der Waals surface area contributed by atoms with E-state index in [0.717, 1.165) is 11.5 Å². The molecule has 2 aromatic carbocycles. The van der Waals surface area contributed by atoms with E-state index in [2.05, 4.69) is 10.1 Å². The van der Waals surface area contributed by atoms with E-state index in [1.807, 2.05) is 35.7 Å². The smallest absolute Gasteiger partial charge is 0.387 e. The molecule has 132 valence electrons. The number of alkyl halides is 2. The lowest BCUT2D eigenvalue weighted by molar-refractivity contribution is -0.0493. The summed E-state index contributed by atoms with van der Waals surface area (Å²) in [6, 6.07) is 13.6. The second-order valence-corrected chi connectivity index (χ2v) is 8.10. The Hall–Kier alpha value is -1.73. The van der Waals surface area contributed by atoms with E-state index in [1.165, 1.54) is 24.1 Å². The highest BCUT2D eigenvalue weighted by Crippen LogP contribution is 2.43. The molecule has 1 amide bonds. The fourth-order valence-corrected chi connectivity index (χ4v) is 5.33. The minimum absolute atomic E-state index is 0.0579. The van der Waals surface area contributed by atoms with Crippen molar-refractivity contribution in [2.24, 2.45) is 0 Å². The molecular weight excluding hydrogens is 364 g/mol. The molecule has 0 aromatic heterocycles. The molecule has 1 aliphatic rings. The first-order chi connectivity index (χ1) is 12.1. The van der Waals surface area contributed by atoms with E-state index >= 15 is 0 Å². The van der Waals surface area contributed by atoms with Crippen LogP contribution in [0.4, 0.5) is 14.5 Å². The Labute approximate surface area is 153 Å². The molecule has 0 saturated carbocycles. The third kappa shape index (κ3) is 4.89. The number of carbonyl (C=O) groups excluding carboxylic acids is 1. The highest BCUT2D eigenvalue weighted by molar-refractivity contribution is 8.16. The van der Waals surface area contributed by atoms with Gasteiger partial charge in [0.15, 0.2) is 0 Å². The summed E-state index contributed by atoms with van der Waals surface area (Å²) in [4.78, 5) is 12.4.